The van der Waals surface area contributed by atoms with Gasteiger partial charge in [-0.3, -0.25) is 15.0 Å². The highest BCUT2D eigenvalue weighted by atomic mass is 19.1. The van der Waals surface area contributed by atoms with Gasteiger partial charge in [-0.05, 0) is 23.8 Å². The molecule has 1 N–H and O–H groups in total. The molecule has 1 heterocycles. The van der Waals surface area contributed by atoms with Crippen molar-refractivity contribution >= 4 is 16.8 Å². The number of hydrogen-bond acceptors (Lipinski definition) is 3. The van der Waals surface area contributed by atoms with Crippen molar-refractivity contribution in [2.45, 2.75) is 19.8 Å². The van der Waals surface area contributed by atoms with Crippen LogP contribution in [0.3, 0.4) is 0 Å². The number of nitrogens with one attached hydrogen (secondary N) is 1. The predicted octanol–water partition coefficient (Wildman–Crippen LogP) is 2.55. The minimum Gasteiger partial charge on any atom is -0.273 e. The highest BCUT2D eigenvalue weighted by Gasteiger charge is 2.14. The molecule has 0 bridgehead atoms. The number of carbonyl (C=O) groups is 1. The Labute approximate surface area is 141 Å². The molecule has 1 amide bonds. The first kappa shape index (κ1) is 16.8. The first-order valence-electron chi connectivity index (χ1n) is 7.74. The highest BCUT2D eigenvalue weighted by Crippen LogP contribution is 2.11. The van der Waals surface area contributed by atoms with E-state index in [4.69, 9.17) is 0 Å². The van der Waals surface area contributed by atoms with Crippen LogP contribution in [0.15, 0.2) is 47.3 Å². The van der Waals surface area contributed by atoms with Crippen molar-refractivity contribution in [2.75, 3.05) is 5.43 Å². The van der Waals surface area contributed by atoms with Gasteiger partial charge in [0.1, 0.15) is 17.5 Å². The number of fused-ring (bicyclic) bond motifs is 1. The second kappa shape index (κ2) is 6.80. The van der Waals surface area contributed by atoms with E-state index in [1.807, 2.05) is 0 Å². The molecule has 0 unspecified atom stereocenters. The van der Waals surface area contributed by atoms with Crippen molar-refractivity contribution in [1.82, 2.24) is 9.66 Å². The Kier molecular flexibility index (Phi) is 4.56. The summed E-state index contributed by atoms with van der Waals surface area (Å²) in [6.07, 6.45) is 0.0970. The molecule has 1 aromatic heterocycles. The van der Waals surface area contributed by atoms with Crippen LogP contribution in [0.25, 0.3) is 10.9 Å². The molecule has 0 radical (unpaired) electrons. The molecule has 7 heteroatoms. The quantitative estimate of drug-likeness (QED) is 0.792. The van der Waals surface area contributed by atoms with E-state index >= 15 is 0 Å². The molecular formula is C18H15F2N3O2. The standard InChI is InChI=1S/C18H15F2N3O2/c1-2-16-21-15-6-4-3-5-13(15)18(25)23(16)22-17(24)9-11-7-8-12(19)10-14(11)20/h3-8,10H,2,9H2,1H3,(H,22,24). The maximum absolute atomic E-state index is 13.7. The van der Waals surface area contributed by atoms with Crippen LogP contribution in [-0.2, 0) is 17.6 Å². The number of amides is 1. The molecule has 0 aliphatic heterocycles. The van der Waals surface area contributed by atoms with Gasteiger partial charge in [0, 0.05) is 12.5 Å². The molecule has 128 valence electrons. The monoisotopic (exact) mass is 343 g/mol. The van der Waals surface area contributed by atoms with Crippen LogP contribution >= 0.6 is 0 Å². The van der Waals surface area contributed by atoms with Gasteiger partial charge in [0.2, 0.25) is 5.91 Å². The largest absolute Gasteiger partial charge is 0.280 e. The number of halogens is 2. The van der Waals surface area contributed by atoms with Crippen LogP contribution in [-0.4, -0.2) is 15.6 Å². The fourth-order valence-electron chi connectivity index (χ4n) is 2.53. The lowest BCUT2D eigenvalue weighted by atomic mass is 10.1. The van der Waals surface area contributed by atoms with Crippen molar-refractivity contribution in [2.24, 2.45) is 0 Å². The third-order valence-electron chi connectivity index (χ3n) is 3.76. The van der Waals surface area contributed by atoms with Crippen LogP contribution in [0.2, 0.25) is 0 Å². The zero-order valence-corrected chi connectivity index (χ0v) is 13.4. The molecule has 0 atom stereocenters. The maximum Gasteiger partial charge on any atom is 0.280 e. The van der Waals surface area contributed by atoms with Crippen molar-refractivity contribution in [1.29, 1.82) is 0 Å². The maximum atomic E-state index is 13.7. The Balaban J connectivity index is 1.93. The Hall–Kier alpha value is -3.09. The molecule has 3 rings (SSSR count). The summed E-state index contributed by atoms with van der Waals surface area (Å²) in [5.74, 6) is -1.74. The molecule has 5 nitrogen and oxygen atoms in total. The number of aromatic nitrogens is 2. The number of aryl methyl sites for hydroxylation is 1. The Morgan fingerprint density at radius 2 is 1.96 bits per heavy atom. The smallest absolute Gasteiger partial charge is 0.273 e. The number of carbonyl (C=O) groups excluding carboxylic acids is 1. The molecule has 0 saturated heterocycles. The molecule has 0 spiro atoms. The van der Waals surface area contributed by atoms with Crippen molar-refractivity contribution in [3.63, 3.8) is 0 Å². The normalized spacial score (nSPS) is 10.8. The van der Waals surface area contributed by atoms with Crippen LogP contribution in [0.4, 0.5) is 8.78 Å². The third-order valence-corrected chi connectivity index (χ3v) is 3.76. The van der Waals surface area contributed by atoms with Gasteiger partial charge in [0.25, 0.3) is 5.56 Å². The molecular weight excluding hydrogens is 328 g/mol. The van der Waals surface area contributed by atoms with E-state index in [0.717, 1.165) is 10.7 Å². The molecule has 25 heavy (non-hydrogen) atoms. The summed E-state index contributed by atoms with van der Waals surface area (Å²) in [4.78, 5) is 29.2. The summed E-state index contributed by atoms with van der Waals surface area (Å²) in [6, 6.07) is 9.80. The fraction of sp³-hybridized carbons (Fsp3) is 0.167. The lowest BCUT2D eigenvalue weighted by Crippen LogP contribution is -2.37. The van der Waals surface area contributed by atoms with Crippen LogP contribution in [0, 0.1) is 11.6 Å². The minimum absolute atomic E-state index is 0.0405. The number of rotatable bonds is 4. The minimum atomic E-state index is -0.810. The first-order chi connectivity index (χ1) is 12.0. The highest BCUT2D eigenvalue weighted by molar-refractivity contribution is 5.86. The Morgan fingerprint density at radius 1 is 1.20 bits per heavy atom. The van der Waals surface area contributed by atoms with E-state index in [0.29, 0.717) is 29.2 Å². The molecule has 2 aromatic carbocycles. The van der Waals surface area contributed by atoms with E-state index in [1.54, 1.807) is 31.2 Å². The lowest BCUT2D eigenvalue weighted by Gasteiger charge is -2.13. The average Bonchev–Trinajstić information content (AvgIpc) is 2.59. The molecule has 0 aliphatic rings. The zero-order valence-electron chi connectivity index (χ0n) is 13.4. The van der Waals surface area contributed by atoms with Gasteiger partial charge < -0.3 is 0 Å². The van der Waals surface area contributed by atoms with E-state index in [-0.39, 0.29) is 12.0 Å². The summed E-state index contributed by atoms with van der Waals surface area (Å²) in [7, 11) is 0. The van der Waals surface area contributed by atoms with Crippen LogP contribution in [0.5, 0.6) is 0 Å². The van der Waals surface area contributed by atoms with Crippen LogP contribution in [0.1, 0.15) is 18.3 Å². The second-order valence-electron chi connectivity index (χ2n) is 5.49. The lowest BCUT2D eigenvalue weighted by molar-refractivity contribution is -0.116. The van der Waals surface area contributed by atoms with Crippen LogP contribution < -0.4 is 11.0 Å². The topological polar surface area (TPSA) is 64.0 Å². The number of nitrogens with zero attached hydrogens (tertiary/aromatic N) is 2. The van der Waals surface area contributed by atoms with E-state index in [2.05, 4.69) is 10.4 Å². The number of hydrogen-bond donors (Lipinski definition) is 1. The van der Waals surface area contributed by atoms with E-state index in [9.17, 15) is 18.4 Å². The molecule has 0 saturated carbocycles. The summed E-state index contributed by atoms with van der Waals surface area (Å²) >= 11 is 0. The molecule has 0 aliphatic carbocycles. The van der Waals surface area contributed by atoms with E-state index in [1.165, 1.54) is 6.07 Å². The SMILES string of the molecule is CCc1nc2ccccc2c(=O)n1NC(=O)Cc1ccc(F)cc1F. The summed E-state index contributed by atoms with van der Waals surface area (Å²) in [5.41, 5.74) is 2.63. The Bertz CT molecular complexity index is 1010. The van der Waals surface area contributed by atoms with Gasteiger partial charge in [-0.1, -0.05) is 25.1 Å². The zero-order chi connectivity index (χ0) is 18.0. The van der Waals surface area contributed by atoms with Crippen molar-refractivity contribution in [3.8, 4) is 0 Å². The Morgan fingerprint density at radius 3 is 2.68 bits per heavy atom. The van der Waals surface area contributed by atoms with Gasteiger partial charge in [-0.15, -0.1) is 0 Å². The van der Waals surface area contributed by atoms with Gasteiger partial charge in [0.15, 0.2) is 0 Å². The summed E-state index contributed by atoms with van der Waals surface area (Å²) < 4.78 is 27.7. The second-order valence-corrected chi connectivity index (χ2v) is 5.49. The van der Waals surface area contributed by atoms with Crippen molar-refractivity contribution < 1.29 is 13.6 Å². The first-order valence-corrected chi connectivity index (χ1v) is 7.74. The van der Waals surface area contributed by atoms with Gasteiger partial charge in [0.05, 0.1) is 17.3 Å². The average molecular weight is 343 g/mol. The molecule has 0 fully saturated rings. The van der Waals surface area contributed by atoms with Gasteiger partial charge in [-0.25, -0.2) is 18.4 Å². The fourth-order valence-corrected chi connectivity index (χ4v) is 2.53. The van der Waals surface area contributed by atoms with E-state index < -0.39 is 23.1 Å². The summed E-state index contributed by atoms with van der Waals surface area (Å²) in [6.45, 7) is 1.80. The van der Waals surface area contributed by atoms with Gasteiger partial charge in [-0.2, -0.15) is 0 Å². The van der Waals surface area contributed by atoms with Gasteiger partial charge >= 0.3 is 0 Å². The third kappa shape index (κ3) is 3.40. The predicted molar refractivity (Wildman–Crippen MR) is 89.8 cm³/mol. The number of benzene rings is 2. The summed E-state index contributed by atoms with van der Waals surface area (Å²) in [5, 5.41) is 0.368. The van der Waals surface area contributed by atoms with Crippen molar-refractivity contribution in [3.05, 3.63) is 75.8 Å². The number of para-hydroxylation sites is 1. The molecule has 3 aromatic rings.